The third-order valence-corrected chi connectivity index (χ3v) is 10.6. The molecule has 0 aliphatic carbocycles. The van der Waals surface area contributed by atoms with E-state index in [4.69, 9.17) is 0 Å². The molecule has 0 aromatic rings. The van der Waals surface area contributed by atoms with E-state index < -0.39 is 0 Å². The minimum atomic E-state index is 0. The molecule has 2 unspecified atom stereocenters. The lowest BCUT2D eigenvalue weighted by Gasteiger charge is -2.17. The number of likely N-dealkylation sites (N-methyl/N-ethyl adjacent to an activating group) is 1. The Morgan fingerprint density at radius 1 is 0.596 bits per heavy atom. The van der Waals surface area contributed by atoms with Gasteiger partial charge in [-0.25, -0.2) is 4.58 Å². The molecule has 4 nitrogen and oxygen atoms in total. The highest BCUT2D eigenvalue weighted by Gasteiger charge is 2.31. The molecule has 47 heavy (non-hydrogen) atoms. The number of amides is 1. The Kier molecular flexibility index (Phi) is 34.5. The normalized spacial score (nSPS) is 15.1. The lowest BCUT2D eigenvalue weighted by molar-refractivity contribution is -0.557. The van der Waals surface area contributed by atoms with Crippen molar-refractivity contribution in [2.45, 2.75) is 239 Å². The molecule has 0 spiro atoms. The van der Waals surface area contributed by atoms with E-state index in [1.807, 2.05) is 0 Å². The Labute approximate surface area is 301 Å². The van der Waals surface area contributed by atoms with Gasteiger partial charge >= 0.3 is 0 Å². The van der Waals surface area contributed by atoms with Crippen molar-refractivity contribution in [3.05, 3.63) is 0 Å². The zero-order chi connectivity index (χ0) is 33.3. The van der Waals surface area contributed by atoms with Crippen LogP contribution in [0.15, 0.2) is 0 Å². The molecule has 1 heterocycles. The summed E-state index contributed by atoms with van der Waals surface area (Å²) in [6.07, 6.45) is 44.2. The first-order valence-corrected chi connectivity index (χ1v) is 21.3. The Morgan fingerprint density at radius 3 is 1.30 bits per heavy atom. The van der Waals surface area contributed by atoms with Crippen molar-refractivity contribution in [3.8, 4) is 0 Å². The Hall–Kier alpha value is -0.770. The topological polar surface area (TPSA) is 44.1 Å². The highest BCUT2D eigenvalue weighted by Crippen LogP contribution is 2.17. The minimum Gasteiger partial charge on any atom is -1.00 e. The van der Waals surface area contributed by atoms with E-state index in [0.717, 1.165) is 25.9 Å². The first-order chi connectivity index (χ1) is 22.6. The van der Waals surface area contributed by atoms with Crippen molar-refractivity contribution in [3.63, 3.8) is 0 Å². The molecule has 1 aliphatic heterocycles. The minimum absolute atomic E-state index is 0. The Bertz CT molecular complexity index is 712. The van der Waals surface area contributed by atoms with Gasteiger partial charge in [0, 0.05) is 12.3 Å². The van der Waals surface area contributed by atoms with E-state index >= 15 is 0 Å². The maximum Gasteiger partial charge on any atom is 0.246 e. The van der Waals surface area contributed by atoms with Crippen molar-refractivity contribution in [1.82, 2.24) is 10.6 Å². The lowest BCUT2D eigenvalue weighted by Crippen LogP contribution is -3.00. The molecule has 0 saturated heterocycles. The molecule has 1 amide bonds. The van der Waals surface area contributed by atoms with Crippen molar-refractivity contribution < 1.29 is 21.8 Å². The first kappa shape index (κ1) is 46.2. The van der Waals surface area contributed by atoms with Gasteiger partial charge in [-0.1, -0.05) is 207 Å². The van der Waals surface area contributed by atoms with E-state index in [1.165, 1.54) is 198 Å². The van der Waals surface area contributed by atoms with Crippen molar-refractivity contribution in [2.75, 3.05) is 13.1 Å². The van der Waals surface area contributed by atoms with Crippen LogP contribution in [0.4, 0.5) is 0 Å². The van der Waals surface area contributed by atoms with E-state index in [2.05, 4.69) is 42.9 Å². The number of rotatable bonds is 35. The first-order valence-electron chi connectivity index (χ1n) is 21.3. The van der Waals surface area contributed by atoms with Crippen molar-refractivity contribution in [2.24, 2.45) is 5.92 Å². The fourth-order valence-corrected chi connectivity index (χ4v) is 7.31. The SMILES string of the molecule is CCCCCCCCCCCCCCCCCCC1=[N+](CC)C(NC(=O)C(C)CCCCCCCCCCCCCCCC)CN1.[Cl-]. The summed E-state index contributed by atoms with van der Waals surface area (Å²) in [6.45, 7) is 10.7. The van der Waals surface area contributed by atoms with Crippen molar-refractivity contribution >= 4 is 11.7 Å². The van der Waals surface area contributed by atoms with Gasteiger partial charge in [0.05, 0.1) is 6.54 Å². The monoisotopic (exact) mass is 682 g/mol. The molecular weight excluding hydrogens is 598 g/mol. The average molecular weight is 683 g/mol. The standard InChI is InChI=1S/C42H83N3O.ClH/c1-5-8-10-12-14-16-18-20-22-23-25-27-29-31-33-35-37-40-43-38-41(45(40)7-3)44-42(46)39(4)36-34-32-30-28-26-24-21-19-17-15-13-11-9-6-2;/h39,41H,5-38H2,1-4H3,(H,44,46);1H. The highest BCUT2D eigenvalue weighted by molar-refractivity contribution is 5.80. The van der Waals surface area contributed by atoms with E-state index in [-0.39, 0.29) is 30.4 Å². The number of hydrogen-bond acceptors (Lipinski definition) is 2. The molecule has 5 heteroatoms. The number of amidine groups is 1. The molecule has 1 rings (SSSR count). The summed E-state index contributed by atoms with van der Waals surface area (Å²) in [7, 11) is 0. The fourth-order valence-electron chi connectivity index (χ4n) is 7.31. The number of nitrogens with zero attached hydrogens (tertiary/aromatic N) is 1. The molecule has 0 radical (unpaired) electrons. The number of carbonyl (C=O) groups is 1. The molecular formula is C42H84ClN3O. The second-order valence-corrected chi connectivity index (χ2v) is 15.0. The molecule has 0 bridgehead atoms. The van der Waals surface area contributed by atoms with Gasteiger partial charge in [-0.3, -0.25) is 10.1 Å². The van der Waals surface area contributed by atoms with Crippen LogP contribution < -0.4 is 23.0 Å². The molecule has 0 fully saturated rings. The molecule has 0 aromatic carbocycles. The second-order valence-electron chi connectivity index (χ2n) is 15.0. The number of halogens is 1. The zero-order valence-corrected chi connectivity index (χ0v) is 33.2. The summed E-state index contributed by atoms with van der Waals surface area (Å²) < 4.78 is 2.41. The molecule has 2 N–H and O–H groups in total. The summed E-state index contributed by atoms with van der Waals surface area (Å²) >= 11 is 0. The highest BCUT2D eigenvalue weighted by atomic mass is 35.5. The van der Waals surface area contributed by atoms with Crippen LogP contribution in [0.5, 0.6) is 0 Å². The van der Waals surface area contributed by atoms with Crippen LogP contribution in [0.2, 0.25) is 0 Å². The molecule has 2 atom stereocenters. The Balaban J connectivity index is 0.0000212. The van der Waals surface area contributed by atoms with Crippen LogP contribution in [0.3, 0.4) is 0 Å². The second kappa shape index (κ2) is 35.1. The maximum absolute atomic E-state index is 13.0. The number of nitrogens with one attached hydrogen (secondary N) is 2. The van der Waals surface area contributed by atoms with Gasteiger partial charge in [-0.05, 0) is 19.8 Å². The third-order valence-electron chi connectivity index (χ3n) is 10.6. The van der Waals surface area contributed by atoms with Gasteiger partial charge in [0.15, 0.2) is 0 Å². The average Bonchev–Trinajstić information content (AvgIpc) is 3.45. The molecule has 0 saturated carbocycles. The number of carbonyl (C=O) groups excluding carboxylic acids is 1. The number of unbranched alkanes of at least 4 members (excludes halogenated alkanes) is 28. The van der Waals surface area contributed by atoms with Crippen LogP contribution in [0, 0.1) is 5.92 Å². The van der Waals surface area contributed by atoms with Gasteiger partial charge in [0.2, 0.25) is 17.9 Å². The summed E-state index contributed by atoms with van der Waals surface area (Å²) in [4.78, 5) is 13.0. The zero-order valence-electron chi connectivity index (χ0n) is 32.4. The predicted octanol–water partition coefficient (Wildman–Crippen LogP) is 9.63. The molecule has 0 aromatic heterocycles. The summed E-state index contributed by atoms with van der Waals surface area (Å²) in [5.41, 5.74) is 0. The summed E-state index contributed by atoms with van der Waals surface area (Å²) in [5.74, 6) is 1.70. The van der Waals surface area contributed by atoms with Gasteiger partial charge in [0.1, 0.15) is 6.54 Å². The van der Waals surface area contributed by atoms with Crippen molar-refractivity contribution in [1.29, 1.82) is 0 Å². The smallest absolute Gasteiger partial charge is 0.246 e. The van der Waals surface area contributed by atoms with Crippen LogP contribution in [0.1, 0.15) is 233 Å². The van der Waals surface area contributed by atoms with Crippen LogP contribution in [0.25, 0.3) is 0 Å². The van der Waals surface area contributed by atoms with Gasteiger partial charge in [0.25, 0.3) is 0 Å². The molecule has 280 valence electrons. The van der Waals surface area contributed by atoms with Crippen LogP contribution in [-0.4, -0.2) is 35.6 Å². The Morgan fingerprint density at radius 2 is 0.936 bits per heavy atom. The summed E-state index contributed by atoms with van der Waals surface area (Å²) in [6, 6.07) is 0. The molecule has 1 aliphatic rings. The predicted molar refractivity (Wildman–Crippen MR) is 204 cm³/mol. The van der Waals surface area contributed by atoms with E-state index in [0.29, 0.717) is 0 Å². The number of hydrogen-bond donors (Lipinski definition) is 2. The largest absolute Gasteiger partial charge is 1.00 e. The quantitative estimate of drug-likeness (QED) is 0.0517. The van der Waals surface area contributed by atoms with Gasteiger partial charge < -0.3 is 17.7 Å². The van der Waals surface area contributed by atoms with Gasteiger partial charge in [-0.15, -0.1) is 0 Å². The summed E-state index contributed by atoms with van der Waals surface area (Å²) in [5, 5.41) is 7.00. The third kappa shape index (κ3) is 26.7. The van der Waals surface area contributed by atoms with Crippen LogP contribution in [-0.2, 0) is 4.79 Å². The van der Waals surface area contributed by atoms with E-state index in [1.54, 1.807) is 0 Å². The fraction of sp³-hybridized carbons (Fsp3) is 0.952. The van der Waals surface area contributed by atoms with E-state index in [9.17, 15) is 4.79 Å². The van der Waals surface area contributed by atoms with Gasteiger partial charge in [-0.2, -0.15) is 0 Å². The van der Waals surface area contributed by atoms with Crippen LogP contribution >= 0.6 is 0 Å². The lowest BCUT2D eigenvalue weighted by atomic mass is 10.0. The maximum atomic E-state index is 13.0.